The molecule has 0 saturated heterocycles. The molecule has 5 atom stereocenters. The molecule has 19 N–H and O–H groups in total. The zero-order valence-corrected chi connectivity index (χ0v) is 70.0. The number of Topliss-reactive ketones (excluding diaryl/α,β-unsaturated/α-hetero) is 2. The monoisotopic (exact) mass is 1820 g/mol. The summed E-state index contributed by atoms with van der Waals surface area (Å²) < 4.78 is 32.2. The van der Waals surface area contributed by atoms with E-state index in [1.807, 2.05) is 0 Å². The van der Waals surface area contributed by atoms with Crippen LogP contribution in [0.25, 0.3) is 66.8 Å². The van der Waals surface area contributed by atoms with Crippen molar-refractivity contribution >= 4 is 181 Å². The average Bonchev–Trinajstić information content (AvgIpc) is 0.752. The number of aliphatic carboxylic acids is 5. The molecule has 2 amide bonds. The van der Waals surface area contributed by atoms with Crippen LogP contribution in [0, 0.1) is 0 Å². The molecule has 0 spiro atoms. The Bertz CT molecular complexity index is 5420. The standard InChI is InChI=1S/C42H47N5O15S2.C40H41N5O15S2/c48-23-61-36(11-12-37(53)54)47-42(64)46-32(40(57)58)10-6-25(49)2-1-14-43-35(52)13-16-59-18-19-60-17-15-44-41(63)45-24-3-7-28(31(20-24)39(55)56)38-29-8-4-26(50)21-33(29)62-34-22-27(51)5-9-30(34)38;46-19-59-33(13-14-34(51)52)45-40(62)44-28(37(55)56)10-6-21(47)2-1-15-41-32(50)12-11-29(38(57)58)43-39(61)42-20-3-7-24(27(16-20)36(53)54)35-25-8-4-22(48)17-30(25)60-31-18-23(49)5-9-26(31)35/h3-5,7-9,20-23,32,36,50H,1-2,6,10-19H2,(H,43,52)(H,53,54)(H,55,56)(H,57,58)(H2,44,45,63)(H2,46,47,64);3-5,7-9,16-19,28-29,33,48H,1-2,6,10-15H2,(H,41,50)(H,51,52)(H,53,54)(H,55,56)(H,57,58)(H2,42,43,61)(H2,44,45,62)/t32-,36+;28-,29-,33+/m00/s1. The second-order valence-corrected chi connectivity index (χ2v) is 29.2. The van der Waals surface area contributed by atoms with Crippen LogP contribution < -0.4 is 64.0 Å². The zero-order chi connectivity index (χ0) is 92.1. The molecule has 0 bridgehead atoms. The van der Waals surface area contributed by atoms with Gasteiger partial charge in [0.25, 0.3) is 12.9 Å². The number of phenolic OH excluding ortho intramolecular Hbond substituents is 2. The molecule has 40 nitrogen and oxygen atoms in total. The Hall–Kier alpha value is -14.0. The minimum atomic E-state index is -1.33. The number of carbonyl (C=O) groups is 13. The summed E-state index contributed by atoms with van der Waals surface area (Å²) in [6.07, 6.45) is -3.42. The van der Waals surface area contributed by atoms with Gasteiger partial charge in [0.05, 0.1) is 50.4 Å². The summed E-state index contributed by atoms with van der Waals surface area (Å²) in [4.78, 5) is 177. The van der Waals surface area contributed by atoms with E-state index in [1.54, 1.807) is 30.3 Å². The number of carbonyl (C=O) groups excluding carboxylic acids is 6. The number of carboxylic acids is 7. The van der Waals surface area contributed by atoms with Crippen molar-refractivity contribution in [3.05, 3.63) is 141 Å². The molecule has 4 aromatic rings. The number of anilines is 2. The van der Waals surface area contributed by atoms with E-state index in [0.717, 1.165) is 0 Å². The highest BCUT2D eigenvalue weighted by molar-refractivity contribution is 7.81. The topological polar surface area (TPSA) is 622 Å². The maximum atomic E-state index is 12.6. The van der Waals surface area contributed by atoms with Gasteiger partial charge in [-0.15, -0.1) is 0 Å². The number of phenols is 2. The molecule has 8 rings (SSSR count). The van der Waals surface area contributed by atoms with Gasteiger partial charge in [0, 0.05) is 140 Å². The third kappa shape index (κ3) is 32.4. The molecule has 0 saturated carbocycles. The first kappa shape index (κ1) is 99.2. The lowest BCUT2D eigenvalue weighted by atomic mass is 9.90. The number of ether oxygens (including phenoxy) is 4. The van der Waals surface area contributed by atoms with Crippen LogP contribution in [0.5, 0.6) is 11.5 Å². The van der Waals surface area contributed by atoms with E-state index < -0.39 is 78.3 Å². The van der Waals surface area contributed by atoms with E-state index in [-0.39, 0.29) is 248 Å². The Kier molecular flexibility index (Phi) is 39.3. The van der Waals surface area contributed by atoms with Crippen LogP contribution in [-0.2, 0) is 71.7 Å². The highest BCUT2D eigenvalue weighted by atomic mass is 32.1. The van der Waals surface area contributed by atoms with Crippen LogP contribution >= 0.6 is 48.9 Å². The molecule has 126 heavy (non-hydrogen) atoms. The minimum absolute atomic E-state index is 0.00919. The van der Waals surface area contributed by atoms with Crippen LogP contribution in [0.3, 0.4) is 0 Å². The first-order valence-electron chi connectivity index (χ1n) is 38.5. The zero-order valence-electron chi connectivity index (χ0n) is 66.7. The number of thiocarbonyl (C=S) groups is 4. The van der Waals surface area contributed by atoms with Crippen molar-refractivity contribution in [2.24, 2.45) is 0 Å². The first-order valence-corrected chi connectivity index (χ1v) is 40.2. The van der Waals surface area contributed by atoms with Crippen LogP contribution in [0.4, 0.5) is 11.4 Å². The lowest BCUT2D eigenvalue weighted by molar-refractivity contribution is -0.141. The lowest BCUT2D eigenvalue weighted by Crippen LogP contribution is -2.49. The smallest absolute Gasteiger partial charge is 0.336 e. The molecule has 2 aliphatic carbocycles. The van der Waals surface area contributed by atoms with Gasteiger partial charge in [-0.1, -0.05) is 12.1 Å². The maximum absolute atomic E-state index is 12.6. The van der Waals surface area contributed by atoms with Gasteiger partial charge in [-0.05, 0) is 165 Å². The van der Waals surface area contributed by atoms with E-state index in [0.29, 0.717) is 57.2 Å². The van der Waals surface area contributed by atoms with Crippen LogP contribution in [-0.4, -0.2) is 221 Å². The number of amides is 2. The third-order valence-corrected chi connectivity index (χ3v) is 19.3. The lowest BCUT2D eigenvalue weighted by Gasteiger charge is -2.21. The molecular weight excluding hydrogens is 1730 g/mol. The van der Waals surface area contributed by atoms with Crippen molar-refractivity contribution in [1.29, 1.82) is 0 Å². The second-order valence-electron chi connectivity index (χ2n) is 27.5. The fourth-order valence-corrected chi connectivity index (χ4v) is 13.4. The van der Waals surface area contributed by atoms with Gasteiger partial charge in [0.2, 0.25) is 11.8 Å². The van der Waals surface area contributed by atoms with Crippen molar-refractivity contribution in [2.45, 2.75) is 127 Å². The van der Waals surface area contributed by atoms with E-state index in [2.05, 4.69) is 53.2 Å². The predicted octanol–water partition coefficient (Wildman–Crippen LogP) is 6.22. The Morgan fingerprint density at radius 1 is 0.389 bits per heavy atom. The Morgan fingerprint density at radius 2 is 0.786 bits per heavy atom. The molecule has 2 heterocycles. The van der Waals surface area contributed by atoms with E-state index in [4.69, 9.17) is 86.9 Å². The van der Waals surface area contributed by atoms with E-state index in [1.165, 1.54) is 78.9 Å². The fourth-order valence-electron chi connectivity index (χ4n) is 12.4. The molecule has 0 unspecified atom stereocenters. The van der Waals surface area contributed by atoms with Crippen molar-refractivity contribution < 1.29 is 136 Å². The normalized spacial score (nSPS) is 12.0. The number of aromatic carboxylic acids is 2. The van der Waals surface area contributed by atoms with E-state index >= 15 is 0 Å². The summed E-state index contributed by atoms with van der Waals surface area (Å²) in [5.41, 5.74) is 2.72. The van der Waals surface area contributed by atoms with Crippen LogP contribution in [0.2, 0.25) is 0 Å². The van der Waals surface area contributed by atoms with Gasteiger partial charge < -0.3 is 127 Å². The van der Waals surface area contributed by atoms with Gasteiger partial charge in [-0.25, -0.2) is 24.0 Å². The third-order valence-electron chi connectivity index (χ3n) is 18.4. The van der Waals surface area contributed by atoms with Crippen molar-refractivity contribution in [3.63, 3.8) is 0 Å². The number of carboxylic acid groups (broad SMARTS) is 7. The largest absolute Gasteiger partial charge is 0.508 e. The first-order chi connectivity index (χ1) is 60.1. The molecule has 0 radical (unpaired) electrons. The van der Waals surface area contributed by atoms with Gasteiger partial charge in [-0.2, -0.15) is 0 Å². The number of rotatable bonds is 50. The number of hydrogen-bond donors (Lipinski definition) is 19. The van der Waals surface area contributed by atoms with Crippen molar-refractivity contribution in [1.82, 2.24) is 42.5 Å². The summed E-state index contributed by atoms with van der Waals surface area (Å²) in [5.74, 6) is -9.82. The molecule has 4 aliphatic rings. The summed E-state index contributed by atoms with van der Waals surface area (Å²) in [5, 5.41) is 114. The number of ketones is 2. The minimum Gasteiger partial charge on any atom is -0.508 e. The molecule has 2 aliphatic heterocycles. The number of benzene rings is 6. The summed E-state index contributed by atoms with van der Waals surface area (Å²) in [6.45, 7) is 1.65. The van der Waals surface area contributed by atoms with Gasteiger partial charge in [0.1, 0.15) is 63.9 Å². The number of nitrogens with one attached hydrogen (secondary N) is 10. The van der Waals surface area contributed by atoms with Crippen molar-refractivity contribution in [3.8, 4) is 56.4 Å². The Balaban J connectivity index is 0.000000346. The van der Waals surface area contributed by atoms with E-state index in [9.17, 15) is 108 Å². The molecule has 4 aromatic carbocycles. The number of fused-ring (bicyclic) bond motifs is 4. The predicted molar refractivity (Wildman–Crippen MR) is 466 cm³/mol. The fraction of sp³-hybridized carbons (Fsp3) is 0.329. The maximum Gasteiger partial charge on any atom is 0.336 e. The molecule has 0 fully saturated rings. The highest BCUT2D eigenvalue weighted by Gasteiger charge is 2.29. The second kappa shape index (κ2) is 50.0. The molecule has 44 heteroatoms. The summed E-state index contributed by atoms with van der Waals surface area (Å²) >= 11 is 20.8. The summed E-state index contributed by atoms with van der Waals surface area (Å²) in [7, 11) is 0. The van der Waals surface area contributed by atoms with Crippen LogP contribution in [0.15, 0.2) is 128 Å². The highest BCUT2D eigenvalue weighted by Crippen LogP contribution is 2.44. The molecular formula is C82H88N10O30S4. The summed E-state index contributed by atoms with van der Waals surface area (Å²) in [6, 6.07) is 22.2. The average molecular weight is 1820 g/mol. The molecule has 670 valence electrons. The quantitative estimate of drug-likeness (QED) is 0.00661. The van der Waals surface area contributed by atoms with Gasteiger partial charge >= 0.3 is 41.8 Å². The SMILES string of the molecule is O=CO[C@H](CCC(=O)O)NC(=S)N[C@@H](CCC(=O)CCCNC(=O)CCOCCOCCNC(=S)Nc1ccc(-c2c3ccc(=O)cc-3oc3cc(O)ccc23)c(C(=O)O)c1)C(=O)O.O=CO[C@H](CCC(=O)O)NC(=S)N[C@@H](CCC(=O)CCCNC(=O)CC[C@H](NC(=S)Nc1ccc(-c2c3ccc(=O)cc-3oc3cc(O)ccc23)c(C(=O)O)c1)C(=O)O)C(=O)O. The Labute approximate surface area is 736 Å². The molecule has 0 aromatic heterocycles. The van der Waals surface area contributed by atoms with Crippen molar-refractivity contribution in [2.75, 3.05) is 56.7 Å². The Morgan fingerprint density at radius 3 is 1.20 bits per heavy atom. The van der Waals surface area contributed by atoms with Crippen LogP contribution in [0.1, 0.15) is 117 Å². The van der Waals surface area contributed by atoms with Gasteiger partial charge in [-0.3, -0.25) is 47.9 Å². The number of aromatic hydroxyl groups is 2. The number of hydrogen-bond acceptors (Lipinski definition) is 27. The van der Waals surface area contributed by atoms with Gasteiger partial charge in [0.15, 0.2) is 43.8 Å².